The molecule has 0 aliphatic rings. The molecule has 1 aromatic carbocycles. The number of hydrogen-bond donors (Lipinski definition) is 1. The molecule has 5 heteroatoms. The standard InChI is InChI=1S/C12H18INO2S/c13-10-6-1-2-7-11-14-17(15,16)12-8-4-3-5-9-12/h3-5,8-9,14H,1-2,6-7,10-11H2. The van der Waals surface area contributed by atoms with Crippen LogP contribution in [0.5, 0.6) is 0 Å². The number of halogens is 1. The van der Waals surface area contributed by atoms with Crippen molar-refractivity contribution in [1.82, 2.24) is 4.72 Å². The summed E-state index contributed by atoms with van der Waals surface area (Å²) in [6, 6.07) is 8.49. The summed E-state index contributed by atoms with van der Waals surface area (Å²) >= 11 is 2.36. The van der Waals surface area contributed by atoms with E-state index in [9.17, 15) is 8.42 Å². The average Bonchev–Trinajstić information content (AvgIpc) is 2.35. The Morgan fingerprint density at radius 2 is 1.65 bits per heavy atom. The summed E-state index contributed by atoms with van der Waals surface area (Å²) in [6.07, 6.45) is 4.38. The molecular weight excluding hydrogens is 349 g/mol. The zero-order valence-corrected chi connectivity index (χ0v) is 12.7. The van der Waals surface area contributed by atoms with Crippen molar-refractivity contribution in [2.45, 2.75) is 30.6 Å². The molecule has 96 valence electrons. The molecule has 0 spiro atoms. The lowest BCUT2D eigenvalue weighted by Gasteiger charge is -2.06. The molecule has 0 saturated heterocycles. The summed E-state index contributed by atoms with van der Waals surface area (Å²) < 4.78 is 27.4. The third kappa shape index (κ3) is 5.83. The van der Waals surface area contributed by atoms with Crippen LogP contribution in [0.1, 0.15) is 25.7 Å². The summed E-state index contributed by atoms with van der Waals surface area (Å²) in [5.41, 5.74) is 0. The van der Waals surface area contributed by atoms with Crippen LogP contribution in [0, 0.1) is 0 Å². The summed E-state index contributed by atoms with van der Waals surface area (Å²) in [5, 5.41) is 0. The van der Waals surface area contributed by atoms with E-state index in [1.165, 1.54) is 17.3 Å². The van der Waals surface area contributed by atoms with Gasteiger partial charge in [0, 0.05) is 6.54 Å². The lowest BCUT2D eigenvalue weighted by atomic mass is 10.2. The maximum absolute atomic E-state index is 11.8. The molecule has 0 unspecified atom stereocenters. The van der Waals surface area contributed by atoms with Crippen LogP contribution in [0.15, 0.2) is 35.2 Å². The van der Waals surface area contributed by atoms with E-state index in [0.717, 1.165) is 12.8 Å². The second-order valence-corrected chi connectivity index (χ2v) is 6.66. The normalized spacial score (nSPS) is 11.6. The maximum atomic E-state index is 11.8. The van der Waals surface area contributed by atoms with Crippen LogP contribution in [0.25, 0.3) is 0 Å². The van der Waals surface area contributed by atoms with Crippen molar-refractivity contribution in [2.24, 2.45) is 0 Å². The molecule has 3 nitrogen and oxygen atoms in total. The molecule has 1 aromatic rings. The van der Waals surface area contributed by atoms with E-state index in [2.05, 4.69) is 27.3 Å². The van der Waals surface area contributed by atoms with Crippen LogP contribution in [0.4, 0.5) is 0 Å². The van der Waals surface area contributed by atoms with Crippen LogP contribution in [0.2, 0.25) is 0 Å². The zero-order valence-electron chi connectivity index (χ0n) is 9.73. The van der Waals surface area contributed by atoms with E-state index >= 15 is 0 Å². The third-order valence-corrected chi connectivity index (χ3v) is 4.65. The Labute approximate surface area is 117 Å². The van der Waals surface area contributed by atoms with Gasteiger partial charge in [-0.3, -0.25) is 0 Å². The molecule has 0 saturated carbocycles. The summed E-state index contributed by atoms with van der Waals surface area (Å²) in [6.45, 7) is 0.526. The van der Waals surface area contributed by atoms with Gasteiger partial charge in [-0.2, -0.15) is 0 Å². The highest BCUT2D eigenvalue weighted by molar-refractivity contribution is 14.1. The fourth-order valence-corrected chi connectivity index (χ4v) is 3.10. The predicted octanol–water partition coefficient (Wildman–Crippen LogP) is 2.96. The second-order valence-electron chi connectivity index (χ2n) is 3.81. The Bertz CT molecular complexity index is 406. The van der Waals surface area contributed by atoms with Gasteiger partial charge in [-0.15, -0.1) is 0 Å². The van der Waals surface area contributed by atoms with E-state index in [-0.39, 0.29) is 0 Å². The molecule has 1 N–H and O–H groups in total. The van der Waals surface area contributed by atoms with Gasteiger partial charge in [-0.05, 0) is 29.4 Å². The fourth-order valence-electron chi connectivity index (χ4n) is 1.46. The number of benzene rings is 1. The molecule has 0 aliphatic heterocycles. The van der Waals surface area contributed by atoms with Gasteiger partial charge in [0.15, 0.2) is 0 Å². The first-order valence-corrected chi connectivity index (χ1v) is 8.78. The average molecular weight is 367 g/mol. The first-order chi connectivity index (χ1) is 8.17. The van der Waals surface area contributed by atoms with E-state index in [1.54, 1.807) is 24.3 Å². The van der Waals surface area contributed by atoms with Crippen molar-refractivity contribution in [2.75, 3.05) is 11.0 Å². The fraction of sp³-hybridized carbons (Fsp3) is 0.500. The second kappa shape index (κ2) is 8.05. The van der Waals surface area contributed by atoms with Crippen molar-refractivity contribution in [1.29, 1.82) is 0 Å². The van der Waals surface area contributed by atoms with Crippen LogP contribution >= 0.6 is 22.6 Å². The molecule has 0 fully saturated rings. The SMILES string of the molecule is O=S(=O)(NCCCCCCI)c1ccccc1. The molecule has 0 amide bonds. The van der Waals surface area contributed by atoms with Gasteiger partial charge in [0.25, 0.3) is 0 Å². The molecule has 0 bridgehead atoms. The lowest BCUT2D eigenvalue weighted by molar-refractivity contribution is 0.574. The van der Waals surface area contributed by atoms with E-state index in [0.29, 0.717) is 11.4 Å². The smallest absolute Gasteiger partial charge is 0.211 e. The summed E-state index contributed by atoms with van der Waals surface area (Å²) in [7, 11) is -3.30. The first kappa shape index (κ1) is 14.9. The third-order valence-electron chi connectivity index (χ3n) is 2.41. The molecule has 0 aliphatic carbocycles. The van der Waals surface area contributed by atoms with Crippen molar-refractivity contribution in [3.05, 3.63) is 30.3 Å². The molecule has 0 atom stereocenters. The molecule has 0 radical (unpaired) electrons. The molecule has 0 heterocycles. The quantitative estimate of drug-likeness (QED) is 0.436. The minimum atomic E-state index is -3.30. The topological polar surface area (TPSA) is 46.2 Å². The van der Waals surface area contributed by atoms with E-state index in [1.807, 2.05) is 6.07 Å². The minimum Gasteiger partial charge on any atom is -0.211 e. The minimum absolute atomic E-state index is 0.340. The van der Waals surface area contributed by atoms with Crippen LogP contribution in [-0.4, -0.2) is 19.4 Å². The highest BCUT2D eigenvalue weighted by Crippen LogP contribution is 2.07. The Morgan fingerprint density at radius 1 is 1.00 bits per heavy atom. The molecule has 17 heavy (non-hydrogen) atoms. The van der Waals surface area contributed by atoms with Crippen molar-refractivity contribution in [3.8, 4) is 0 Å². The van der Waals surface area contributed by atoms with Gasteiger partial charge in [0.2, 0.25) is 10.0 Å². The van der Waals surface area contributed by atoms with Gasteiger partial charge in [0.1, 0.15) is 0 Å². The predicted molar refractivity (Wildman–Crippen MR) is 79.0 cm³/mol. The Morgan fingerprint density at radius 3 is 2.29 bits per heavy atom. The number of nitrogens with one attached hydrogen (secondary N) is 1. The van der Waals surface area contributed by atoms with Gasteiger partial charge < -0.3 is 0 Å². The first-order valence-electron chi connectivity index (χ1n) is 5.77. The number of hydrogen-bond acceptors (Lipinski definition) is 2. The van der Waals surface area contributed by atoms with Crippen molar-refractivity contribution in [3.63, 3.8) is 0 Å². The Hall–Kier alpha value is -0.140. The molecular formula is C12H18INO2S. The largest absolute Gasteiger partial charge is 0.240 e. The van der Waals surface area contributed by atoms with Crippen LogP contribution < -0.4 is 4.72 Å². The van der Waals surface area contributed by atoms with Crippen LogP contribution in [-0.2, 0) is 10.0 Å². The number of rotatable bonds is 8. The van der Waals surface area contributed by atoms with E-state index in [4.69, 9.17) is 0 Å². The highest BCUT2D eigenvalue weighted by Gasteiger charge is 2.11. The van der Waals surface area contributed by atoms with Crippen molar-refractivity contribution < 1.29 is 8.42 Å². The van der Waals surface area contributed by atoms with Gasteiger partial charge in [-0.1, -0.05) is 53.6 Å². The van der Waals surface area contributed by atoms with Crippen LogP contribution in [0.3, 0.4) is 0 Å². The maximum Gasteiger partial charge on any atom is 0.240 e. The number of sulfonamides is 1. The van der Waals surface area contributed by atoms with Crippen molar-refractivity contribution >= 4 is 32.6 Å². The van der Waals surface area contributed by atoms with Gasteiger partial charge in [-0.25, -0.2) is 13.1 Å². The number of unbranched alkanes of at least 4 members (excludes halogenated alkanes) is 3. The van der Waals surface area contributed by atoms with Gasteiger partial charge >= 0.3 is 0 Å². The van der Waals surface area contributed by atoms with Gasteiger partial charge in [0.05, 0.1) is 4.90 Å². The van der Waals surface area contributed by atoms with E-state index < -0.39 is 10.0 Å². The Kier molecular flexibility index (Phi) is 7.06. The summed E-state index contributed by atoms with van der Waals surface area (Å²) in [4.78, 5) is 0.340. The zero-order chi connectivity index (χ0) is 12.6. The monoisotopic (exact) mass is 367 g/mol. The Balaban J connectivity index is 2.31. The molecule has 0 aromatic heterocycles. The number of alkyl halides is 1. The highest BCUT2D eigenvalue weighted by atomic mass is 127. The lowest BCUT2D eigenvalue weighted by Crippen LogP contribution is -2.24. The molecule has 1 rings (SSSR count). The summed E-state index contributed by atoms with van der Waals surface area (Å²) in [5.74, 6) is 0.